The fourth-order valence-corrected chi connectivity index (χ4v) is 5.01. The summed E-state index contributed by atoms with van der Waals surface area (Å²) in [6.45, 7) is 2.51. The Morgan fingerprint density at radius 3 is 2.33 bits per heavy atom. The Bertz CT molecular complexity index is 1700. The highest BCUT2D eigenvalue weighted by atomic mass is 16.7. The molecule has 1 heterocycles. The molecule has 1 aliphatic rings. The molecule has 9 heteroatoms. The molecule has 5 rings (SSSR count). The zero-order chi connectivity index (χ0) is 29.8. The summed E-state index contributed by atoms with van der Waals surface area (Å²) >= 11 is 0. The summed E-state index contributed by atoms with van der Waals surface area (Å²) in [5, 5.41) is 21.3. The van der Waals surface area contributed by atoms with Crippen molar-refractivity contribution in [1.29, 1.82) is 0 Å². The number of aliphatic carboxylic acids is 1. The third kappa shape index (κ3) is 5.54. The van der Waals surface area contributed by atoms with Gasteiger partial charge in [0.15, 0.2) is 11.5 Å². The smallest absolute Gasteiger partial charge is 0.335 e. The lowest BCUT2D eigenvalue weighted by Gasteiger charge is -2.18. The van der Waals surface area contributed by atoms with Crippen molar-refractivity contribution in [2.45, 2.75) is 19.8 Å². The van der Waals surface area contributed by atoms with Crippen molar-refractivity contribution in [3.8, 4) is 39.9 Å². The van der Waals surface area contributed by atoms with Gasteiger partial charge >= 0.3 is 11.9 Å². The average molecular weight is 571 g/mol. The zero-order valence-corrected chi connectivity index (χ0v) is 23.4. The fourth-order valence-electron chi connectivity index (χ4n) is 5.01. The van der Waals surface area contributed by atoms with Crippen molar-refractivity contribution in [3.63, 3.8) is 0 Å². The summed E-state index contributed by atoms with van der Waals surface area (Å²) in [6, 6.07) is 17.3. The Hall–Kier alpha value is -5.18. The van der Waals surface area contributed by atoms with E-state index in [1.54, 1.807) is 49.6 Å². The second kappa shape index (κ2) is 12.1. The Morgan fingerprint density at radius 1 is 0.881 bits per heavy atom. The number of methoxy groups -OCH3 is 2. The largest absolute Gasteiger partial charge is 0.496 e. The molecule has 0 spiro atoms. The Morgan fingerprint density at radius 2 is 1.64 bits per heavy atom. The van der Waals surface area contributed by atoms with Crippen molar-refractivity contribution in [2.24, 2.45) is 0 Å². The molecule has 216 valence electrons. The lowest BCUT2D eigenvalue weighted by atomic mass is 9.91. The molecule has 4 aromatic carbocycles. The van der Waals surface area contributed by atoms with Crippen LogP contribution in [0.4, 0.5) is 0 Å². The minimum atomic E-state index is -1.10. The van der Waals surface area contributed by atoms with Gasteiger partial charge in [-0.2, -0.15) is 0 Å². The van der Waals surface area contributed by atoms with Gasteiger partial charge < -0.3 is 33.9 Å². The van der Waals surface area contributed by atoms with Gasteiger partial charge in [-0.05, 0) is 71.5 Å². The van der Waals surface area contributed by atoms with E-state index in [0.717, 1.165) is 6.42 Å². The van der Waals surface area contributed by atoms with Gasteiger partial charge in [0.2, 0.25) is 6.79 Å². The number of aromatic carboxylic acids is 1. The van der Waals surface area contributed by atoms with Crippen LogP contribution in [0.5, 0.6) is 28.7 Å². The molecule has 4 aromatic rings. The average Bonchev–Trinajstić information content (AvgIpc) is 3.45. The zero-order valence-electron chi connectivity index (χ0n) is 23.4. The van der Waals surface area contributed by atoms with E-state index < -0.39 is 11.9 Å². The highest BCUT2D eigenvalue weighted by Crippen LogP contribution is 2.43. The first kappa shape index (κ1) is 28.4. The first-order chi connectivity index (χ1) is 20.3. The standard InChI is InChI=1S/C33H30O9/c1-4-12-40-27-7-5-6-19(13-22(33(36)37)14-21-16-29-30(42-18-41-29)17-28(21)39-3)31(27)24-10-11-26(38-2)23-9-8-20(32(34)35)15-25(23)24/h5-11,13,15-17H,4,12,14,18H2,1-3H3,(H,34,35)(H,36,37)/b22-13+. The van der Waals surface area contributed by atoms with Crippen LogP contribution in [0.3, 0.4) is 0 Å². The third-order valence-electron chi connectivity index (χ3n) is 6.99. The predicted molar refractivity (Wildman–Crippen MR) is 157 cm³/mol. The van der Waals surface area contributed by atoms with E-state index in [9.17, 15) is 19.8 Å². The summed E-state index contributed by atoms with van der Waals surface area (Å²) in [4.78, 5) is 24.5. The Kier molecular flexibility index (Phi) is 8.19. The highest BCUT2D eigenvalue weighted by Gasteiger charge is 2.22. The molecule has 0 atom stereocenters. The van der Waals surface area contributed by atoms with Gasteiger partial charge in [-0.25, -0.2) is 9.59 Å². The second-order valence-electron chi connectivity index (χ2n) is 9.62. The number of fused-ring (bicyclic) bond motifs is 2. The first-order valence-corrected chi connectivity index (χ1v) is 13.3. The molecular formula is C33H30O9. The lowest BCUT2D eigenvalue weighted by Crippen LogP contribution is -2.06. The molecule has 0 saturated heterocycles. The SMILES string of the molecule is CCCOc1cccc(/C=C(\Cc2cc3c(cc2OC)OCO3)C(=O)O)c1-c1ccc(OC)c2ccc(C(=O)O)cc12. The molecule has 42 heavy (non-hydrogen) atoms. The van der Waals surface area contributed by atoms with E-state index in [0.29, 0.717) is 68.4 Å². The molecule has 0 fully saturated rings. The van der Waals surface area contributed by atoms with Crippen LogP contribution in [0, 0.1) is 0 Å². The number of carbonyl (C=O) groups is 2. The number of hydrogen-bond acceptors (Lipinski definition) is 7. The van der Waals surface area contributed by atoms with Crippen LogP contribution in [0.1, 0.15) is 34.8 Å². The third-order valence-corrected chi connectivity index (χ3v) is 6.99. The second-order valence-corrected chi connectivity index (χ2v) is 9.62. The number of rotatable bonds is 11. The minimum absolute atomic E-state index is 0.0428. The minimum Gasteiger partial charge on any atom is -0.496 e. The fraction of sp³-hybridized carbons (Fsp3) is 0.212. The van der Waals surface area contributed by atoms with E-state index in [1.165, 1.54) is 13.2 Å². The molecule has 2 N–H and O–H groups in total. The van der Waals surface area contributed by atoms with Gasteiger partial charge in [-0.1, -0.05) is 19.1 Å². The topological polar surface area (TPSA) is 121 Å². The van der Waals surface area contributed by atoms with E-state index in [2.05, 4.69) is 0 Å². The first-order valence-electron chi connectivity index (χ1n) is 13.3. The van der Waals surface area contributed by atoms with Gasteiger partial charge in [0.25, 0.3) is 0 Å². The summed E-state index contributed by atoms with van der Waals surface area (Å²) in [6.07, 6.45) is 2.41. The molecule has 0 saturated carbocycles. The number of carboxylic acid groups (broad SMARTS) is 2. The van der Waals surface area contributed by atoms with Crippen LogP contribution in [0.25, 0.3) is 28.0 Å². The monoisotopic (exact) mass is 570 g/mol. The molecule has 0 unspecified atom stereocenters. The molecule has 0 radical (unpaired) electrons. The van der Waals surface area contributed by atoms with Crippen molar-refractivity contribution >= 4 is 28.8 Å². The summed E-state index contributed by atoms with van der Waals surface area (Å²) < 4.78 is 28.2. The van der Waals surface area contributed by atoms with E-state index in [4.69, 9.17) is 23.7 Å². The maximum Gasteiger partial charge on any atom is 0.335 e. The molecule has 1 aliphatic heterocycles. The van der Waals surface area contributed by atoms with Crippen molar-refractivity contribution in [1.82, 2.24) is 0 Å². The van der Waals surface area contributed by atoms with Crippen LogP contribution < -0.4 is 23.7 Å². The van der Waals surface area contributed by atoms with Crippen LogP contribution in [0.2, 0.25) is 0 Å². The van der Waals surface area contributed by atoms with Crippen molar-refractivity contribution in [2.75, 3.05) is 27.6 Å². The molecule has 9 nitrogen and oxygen atoms in total. The maximum atomic E-state index is 12.6. The molecule has 0 aromatic heterocycles. The lowest BCUT2D eigenvalue weighted by molar-refractivity contribution is -0.132. The van der Waals surface area contributed by atoms with Gasteiger partial charge in [0.1, 0.15) is 17.2 Å². The maximum absolute atomic E-state index is 12.6. The Labute approximate surface area is 242 Å². The van der Waals surface area contributed by atoms with Crippen LogP contribution in [-0.4, -0.2) is 49.8 Å². The predicted octanol–water partition coefficient (Wildman–Crippen LogP) is 6.45. The van der Waals surface area contributed by atoms with Gasteiger partial charge in [-0.15, -0.1) is 0 Å². The number of ether oxygens (including phenoxy) is 5. The van der Waals surface area contributed by atoms with Crippen LogP contribution in [-0.2, 0) is 11.2 Å². The van der Waals surface area contributed by atoms with Crippen molar-refractivity contribution in [3.05, 3.63) is 82.9 Å². The Balaban J connectivity index is 1.71. The van der Waals surface area contributed by atoms with E-state index in [1.807, 2.05) is 25.1 Å². The van der Waals surface area contributed by atoms with Gasteiger partial charge in [-0.3, -0.25) is 0 Å². The summed E-state index contributed by atoms with van der Waals surface area (Å²) in [7, 11) is 3.06. The molecular weight excluding hydrogens is 540 g/mol. The van der Waals surface area contributed by atoms with Crippen molar-refractivity contribution < 1.29 is 43.5 Å². The quantitative estimate of drug-likeness (QED) is 0.196. The van der Waals surface area contributed by atoms with Crippen LogP contribution in [0.15, 0.2) is 66.2 Å². The highest BCUT2D eigenvalue weighted by molar-refractivity contribution is 6.06. The molecule has 0 amide bonds. The number of benzene rings is 4. The summed E-state index contributed by atoms with van der Waals surface area (Å²) in [5.74, 6) is 0.491. The molecule has 0 aliphatic carbocycles. The van der Waals surface area contributed by atoms with Crippen LogP contribution >= 0.6 is 0 Å². The molecule has 0 bridgehead atoms. The normalized spacial score (nSPS) is 12.3. The van der Waals surface area contributed by atoms with Gasteiger partial charge in [0.05, 0.1) is 26.4 Å². The summed E-state index contributed by atoms with van der Waals surface area (Å²) in [5.41, 5.74) is 2.74. The van der Waals surface area contributed by atoms with Gasteiger partial charge in [0, 0.05) is 34.6 Å². The van der Waals surface area contributed by atoms with E-state index >= 15 is 0 Å². The number of hydrogen-bond donors (Lipinski definition) is 2. The van der Waals surface area contributed by atoms with E-state index in [-0.39, 0.29) is 24.4 Å². The number of carboxylic acids is 2.